The largest absolute Gasteiger partial charge is 0.478 e. The molecule has 0 aromatic heterocycles. The van der Waals surface area contributed by atoms with Crippen molar-refractivity contribution in [3.05, 3.63) is 35.4 Å². The van der Waals surface area contributed by atoms with Gasteiger partial charge in [0.1, 0.15) is 0 Å². The fourth-order valence-electron chi connectivity index (χ4n) is 3.70. The molecule has 0 spiro atoms. The Hall–Kier alpha value is -1.48. The van der Waals surface area contributed by atoms with Crippen LogP contribution in [0.15, 0.2) is 24.3 Å². The Morgan fingerprint density at radius 3 is 2.40 bits per heavy atom. The summed E-state index contributed by atoms with van der Waals surface area (Å²) < 4.78 is 34.1. The second kappa shape index (κ2) is 7.41. The zero-order valence-corrected chi connectivity index (χ0v) is 15.1. The summed E-state index contributed by atoms with van der Waals surface area (Å²) in [5, 5.41) is 9.35. The second-order valence-corrected chi connectivity index (χ2v) is 8.51. The quantitative estimate of drug-likeness (QED) is 0.852. The molecule has 0 unspecified atom stereocenters. The Balaban J connectivity index is 1.71. The van der Waals surface area contributed by atoms with E-state index in [0.29, 0.717) is 51.0 Å². The molecule has 0 aliphatic carbocycles. The van der Waals surface area contributed by atoms with Gasteiger partial charge in [-0.3, -0.25) is 0 Å². The number of carboxylic acid groups (broad SMARTS) is 1. The standard InChI is InChI=1S/C17H24N2O5S/c1-24-14-7-10-18(11-8-14)25(22,23)19-9-6-13(12-19)15-4-2-3-5-16(15)17(20)21/h2-5,13-14H,6-12H2,1H3,(H,20,21)/t13-/m1/s1. The smallest absolute Gasteiger partial charge is 0.335 e. The zero-order valence-electron chi connectivity index (χ0n) is 14.3. The molecule has 1 atom stereocenters. The SMILES string of the molecule is COC1CCN(S(=O)(=O)N2CC[C@@H](c3ccccc3C(=O)O)C2)CC1. The van der Waals surface area contributed by atoms with E-state index in [1.807, 2.05) is 0 Å². The number of methoxy groups -OCH3 is 1. The number of hydrogen-bond acceptors (Lipinski definition) is 4. The van der Waals surface area contributed by atoms with Gasteiger partial charge in [-0.25, -0.2) is 4.79 Å². The van der Waals surface area contributed by atoms with Crippen molar-refractivity contribution in [1.29, 1.82) is 0 Å². The van der Waals surface area contributed by atoms with E-state index in [4.69, 9.17) is 4.74 Å². The van der Waals surface area contributed by atoms with Gasteiger partial charge in [0.2, 0.25) is 0 Å². The number of aromatic carboxylic acids is 1. The van der Waals surface area contributed by atoms with E-state index in [2.05, 4.69) is 0 Å². The molecule has 0 amide bonds. The van der Waals surface area contributed by atoms with Gasteiger partial charge in [0.05, 0.1) is 11.7 Å². The van der Waals surface area contributed by atoms with Crippen LogP contribution in [0.2, 0.25) is 0 Å². The van der Waals surface area contributed by atoms with Crippen LogP contribution in [0, 0.1) is 0 Å². The highest BCUT2D eigenvalue weighted by Gasteiger charge is 2.38. The molecular weight excluding hydrogens is 344 g/mol. The van der Waals surface area contributed by atoms with Crippen LogP contribution in [-0.2, 0) is 14.9 Å². The summed E-state index contributed by atoms with van der Waals surface area (Å²) in [5.74, 6) is -1.06. The molecule has 25 heavy (non-hydrogen) atoms. The van der Waals surface area contributed by atoms with Gasteiger partial charge in [0.25, 0.3) is 10.2 Å². The first-order valence-electron chi connectivity index (χ1n) is 8.53. The van der Waals surface area contributed by atoms with Crippen molar-refractivity contribution in [1.82, 2.24) is 8.61 Å². The first-order chi connectivity index (χ1) is 11.9. The Morgan fingerprint density at radius 1 is 1.12 bits per heavy atom. The van der Waals surface area contributed by atoms with Crippen molar-refractivity contribution in [2.45, 2.75) is 31.3 Å². The molecule has 2 aliphatic heterocycles. The van der Waals surface area contributed by atoms with Gasteiger partial charge in [0, 0.05) is 33.3 Å². The van der Waals surface area contributed by atoms with Gasteiger partial charge in [0.15, 0.2) is 0 Å². The molecule has 2 saturated heterocycles. The second-order valence-electron chi connectivity index (χ2n) is 6.58. The van der Waals surface area contributed by atoms with Crippen LogP contribution in [0.1, 0.15) is 41.1 Å². The van der Waals surface area contributed by atoms with Crippen LogP contribution in [0.4, 0.5) is 0 Å². The molecular formula is C17H24N2O5S. The van der Waals surface area contributed by atoms with Crippen molar-refractivity contribution in [3.8, 4) is 0 Å². The van der Waals surface area contributed by atoms with E-state index in [1.165, 1.54) is 8.61 Å². The maximum absolute atomic E-state index is 12.9. The topological polar surface area (TPSA) is 87.2 Å². The lowest BCUT2D eigenvalue weighted by molar-refractivity contribution is 0.0593. The molecule has 0 radical (unpaired) electrons. The van der Waals surface area contributed by atoms with Crippen LogP contribution in [-0.4, -0.2) is 67.5 Å². The molecule has 1 N–H and O–H groups in total. The number of piperidine rings is 1. The molecule has 7 nitrogen and oxygen atoms in total. The maximum Gasteiger partial charge on any atom is 0.335 e. The van der Waals surface area contributed by atoms with Gasteiger partial charge in [-0.2, -0.15) is 17.0 Å². The lowest BCUT2D eigenvalue weighted by atomic mass is 9.93. The van der Waals surface area contributed by atoms with E-state index in [9.17, 15) is 18.3 Å². The van der Waals surface area contributed by atoms with Crippen LogP contribution >= 0.6 is 0 Å². The molecule has 2 fully saturated rings. The highest BCUT2D eigenvalue weighted by Crippen LogP contribution is 2.32. The Labute approximate surface area is 148 Å². The monoisotopic (exact) mass is 368 g/mol. The van der Waals surface area contributed by atoms with Gasteiger partial charge in [-0.05, 0) is 36.8 Å². The molecule has 138 valence electrons. The average molecular weight is 368 g/mol. The van der Waals surface area contributed by atoms with Gasteiger partial charge < -0.3 is 9.84 Å². The summed E-state index contributed by atoms with van der Waals surface area (Å²) in [7, 11) is -1.85. The van der Waals surface area contributed by atoms with Crippen LogP contribution in [0.25, 0.3) is 0 Å². The highest BCUT2D eigenvalue weighted by molar-refractivity contribution is 7.86. The number of rotatable bonds is 5. The van der Waals surface area contributed by atoms with Crippen LogP contribution in [0.3, 0.4) is 0 Å². The third kappa shape index (κ3) is 3.72. The first kappa shape index (κ1) is 18.3. The summed E-state index contributed by atoms with van der Waals surface area (Å²) >= 11 is 0. The average Bonchev–Trinajstić information content (AvgIpc) is 3.12. The molecule has 8 heteroatoms. The molecule has 1 aromatic carbocycles. The first-order valence-corrected chi connectivity index (χ1v) is 9.93. The van der Waals surface area contributed by atoms with Crippen molar-refractivity contribution in [2.75, 3.05) is 33.3 Å². The van der Waals surface area contributed by atoms with E-state index in [1.54, 1.807) is 31.4 Å². The van der Waals surface area contributed by atoms with Crippen molar-refractivity contribution >= 4 is 16.2 Å². The Kier molecular flexibility index (Phi) is 5.43. The summed E-state index contributed by atoms with van der Waals surface area (Å²) in [6, 6.07) is 6.85. The van der Waals surface area contributed by atoms with Gasteiger partial charge in [-0.15, -0.1) is 0 Å². The molecule has 2 heterocycles. The molecule has 1 aromatic rings. The number of benzene rings is 1. The Bertz CT molecular complexity index is 728. The predicted octanol–water partition coefficient (Wildman–Crippen LogP) is 1.53. The molecule has 3 rings (SSSR count). The lowest BCUT2D eigenvalue weighted by Crippen LogP contribution is -2.47. The fourth-order valence-corrected chi connectivity index (χ4v) is 5.40. The number of hydrogen-bond donors (Lipinski definition) is 1. The molecule has 0 bridgehead atoms. The lowest BCUT2D eigenvalue weighted by Gasteiger charge is -2.33. The summed E-state index contributed by atoms with van der Waals surface area (Å²) in [4.78, 5) is 11.4. The van der Waals surface area contributed by atoms with Crippen molar-refractivity contribution in [2.24, 2.45) is 0 Å². The molecule has 2 aliphatic rings. The third-order valence-electron chi connectivity index (χ3n) is 5.17. The normalized spacial score (nSPS) is 23.8. The summed E-state index contributed by atoms with van der Waals surface area (Å²) in [5.41, 5.74) is 0.971. The highest BCUT2D eigenvalue weighted by atomic mass is 32.2. The minimum atomic E-state index is -3.50. The van der Waals surface area contributed by atoms with Crippen molar-refractivity contribution < 1.29 is 23.1 Å². The van der Waals surface area contributed by atoms with E-state index in [-0.39, 0.29) is 17.6 Å². The van der Waals surface area contributed by atoms with E-state index < -0.39 is 16.2 Å². The molecule has 0 saturated carbocycles. The van der Waals surface area contributed by atoms with Gasteiger partial charge >= 0.3 is 5.97 Å². The van der Waals surface area contributed by atoms with E-state index >= 15 is 0 Å². The van der Waals surface area contributed by atoms with Crippen LogP contribution in [0.5, 0.6) is 0 Å². The zero-order chi connectivity index (χ0) is 18.0. The third-order valence-corrected chi connectivity index (χ3v) is 7.17. The summed E-state index contributed by atoms with van der Waals surface area (Å²) in [6.07, 6.45) is 2.17. The Morgan fingerprint density at radius 2 is 1.76 bits per heavy atom. The van der Waals surface area contributed by atoms with Crippen LogP contribution < -0.4 is 0 Å². The maximum atomic E-state index is 12.9. The predicted molar refractivity (Wildman–Crippen MR) is 92.9 cm³/mol. The van der Waals surface area contributed by atoms with E-state index in [0.717, 1.165) is 0 Å². The summed E-state index contributed by atoms with van der Waals surface area (Å²) in [6.45, 7) is 1.68. The minimum absolute atomic E-state index is 0.0846. The number of nitrogens with zero attached hydrogens (tertiary/aromatic N) is 2. The number of carboxylic acids is 1. The fraction of sp³-hybridized carbons (Fsp3) is 0.588. The number of carbonyl (C=O) groups is 1. The minimum Gasteiger partial charge on any atom is -0.478 e. The number of ether oxygens (including phenoxy) is 1. The van der Waals surface area contributed by atoms with Gasteiger partial charge in [-0.1, -0.05) is 18.2 Å². The van der Waals surface area contributed by atoms with Crippen molar-refractivity contribution in [3.63, 3.8) is 0 Å².